The van der Waals surface area contributed by atoms with E-state index in [1.165, 1.54) is 11.1 Å². The van der Waals surface area contributed by atoms with Crippen LogP contribution in [0.25, 0.3) is 0 Å². The van der Waals surface area contributed by atoms with Crippen LogP contribution in [0.2, 0.25) is 0 Å². The van der Waals surface area contributed by atoms with Crippen LogP contribution in [0.3, 0.4) is 0 Å². The lowest BCUT2D eigenvalue weighted by molar-refractivity contribution is 0.564. The van der Waals surface area contributed by atoms with E-state index in [-0.39, 0.29) is 0 Å². The molecule has 0 bridgehead atoms. The Balaban J connectivity index is 1.64. The Labute approximate surface area is 151 Å². The minimum atomic E-state index is 0.615. The number of rotatable bonds is 6. The van der Waals surface area contributed by atoms with Crippen molar-refractivity contribution < 1.29 is 9.59 Å². The molecule has 0 saturated heterocycles. The Kier molecular flexibility index (Phi) is 5.64. The standard InChI is InChI=1S/C22H16N2O2/c25-15-23-21-9-5-19(6-10-21)13-17-1-2-18(4-3-17)14-20-7-11-22(12-8-20)24-16-26/h1-12H,13-14H2. The number of carbonyl (C=O) groups excluding carboxylic acids is 2. The van der Waals surface area contributed by atoms with Crippen LogP contribution in [0, 0.1) is 0 Å². The van der Waals surface area contributed by atoms with Gasteiger partial charge in [0.15, 0.2) is 0 Å². The maximum Gasteiger partial charge on any atom is 0.240 e. The maximum absolute atomic E-state index is 10.2. The second kappa shape index (κ2) is 8.50. The van der Waals surface area contributed by atoms with Crippen molar-refractivity contribution >= 4 is 23.5 Å². The fourth-order valence-corrected chi connectivity index (χ4v) is 2.73. The van der Waals surface area contributed by atoms with E-state index in [2.05, 4.69) is 34.3 Å². The van der Waals surface area contributed by atoms with Gasteiger partial charge < -0.3 is 0 Å². The summed E-state index contributed by atoms with van der Waals surface area (Å²) in [6, 6.07) is 23.6. The predicted octanol–water partition coefficient (Wildman–Crippen LogP) is 4.80. The first-order chi connectivity index (χ1) is 12.8. The molecule has 4 heteroatoms. The lowest BCUT2D eigenvalue weighted by Gasteiger charge is -2.06. The number of aliphatic imine (C=N–C) groups is 2. The van der Waals surface area contributed by atoms with Gasteiger partial charge in [0, 0.05) is 0 Å². The monoisotopic (exact) mass is 340 g/mol. The summed E-state index contributed by atoms with van der Waals surface area (Å²) in [4.78, 5) is 27.7. The highest BCUT2D eigenvalue weighted by molar-refractivity contribution is 5.50. The molecule has 3 aromatic rings. The first-order valence-electron chi connectivity index (χ1n) is 8.18. The van der Waals surface area contributed by atoms with E-state index in [0.29, 0.717) is 11.4 Å². The summed E-state index contributed by atoms with van der Waals surface area (Å²) in [6.45, 7) is 0. The van der Waals surface area contributed by atoms with Crippen LogP contribution < -0.4 is 0 Å². The lowest BCUT2D eigenvalue weighted by Crippen LogP contribution is -1.91. The van der Waals surface area contributed by atoms with Crippen molar-refractivity contribution in [2.75, 3.05) is 0 Å². The van der Waals surface area contributed by atoms with Crippen molar-refractivity contribution in [3.8, 4) is 0 Å². The summed E-state index contributed by atoms with van der Waals surface area (Å²) < 4.78 is 0. The van der Waals surface area contributed by atoms with Crippen molar-refractivity contribution in [3.63, 3.8) is 0 Å². The summed E-state index contributed by atoms with van der Waals surface area (Å²) in [5.74, 6) is 0. The van der Waals surface area contributed by atoms with E-state index >= 15 is 0 Å². The van der Waals surface area contributed by atoms with E-state index in [9.17, 15) is 9.59 Å². The van der Waals surface area contributed by atoms with Gasteiger partial charge in [-0.05, 0) is 59.4 Å². The van der Waals surface area contributed by atoms with Crippen molar-refractivity contribution in [1.82, 2.24) is 0 Å². The summed E-state index contributed by atoms with van der Waals surface area (Å²) in [5, 5.41) is 0. The van der Waals surface area contributed by atoms with Crippen LogP contribution in [-0.2, 0) is 22.4 Å². The molecule has 0 atom stereocenters. The molecule has 0 aromatic heterocycles. The van der Waals surface area contributed by atoms with Crippen LogP contribution in [-0.4, -0.2) is 12.2 Å². The van der Waals surface area contributed by atoms with Crippen molar-refractivity contribution in [1.29, 1.82) is 0 Å². The second-order valence-electron chi connectivity index (χ2n) is 5.91. The van der Waals surface area contributed by atoms with E-state index in [1.807, 2.05) is 48.5 Å². The minimum Gasteiger partial charge on any atom is -0.211 e. The van der Waals surface area contributed by atoms with Gasteiger partial charge in [0.1, 0.15) is 0 Å². The topological polar surface area (TPSA) is 58.9 Å². The molecule has 0 radical (unpaired) electrons. The molecule has 3 aromatic carbocycles. The van der Waals surface area contributed by atoms with Gasteiger partial charge in [0.2, 0.25) is 12.2 Å². The number of hydrogen-bond donors (Lipinski definition) is 0. The SMILES string of the molecule is O=C=Nc1ccc(Cc2ccc(Cc3ccc(N=C=O)cc3)cc2)cc1. The van der Waals surface area contributed by atoms with Crippen LogP contribution in [0.15, 0.2) is 82.8 Å². The average molecular weight is 340 g/mol. The molecule has 4 nitrogen and oxygen atoms in total. The van der Waals surface area contributed by atoms with E-state index in [0.717, 1.165) is 24.0 Å². The fourth-order valence-electron chi connectivity index (χ4n) is 2.73. The number of nitrogens with zero attached hydrogens (tertiary/aromatic N) is 2. The first-order valence-corrected chi connectivity index (χ1v) is 8.18. The molecule has 0 aliphatic carbocycles. The van der Waals surface area contributed by atoms with Gasteiger partial charge in [-0.25, -0.2) is 9.59 Å². The normalized spacial score (nSPS) is 9.85. The molecule has 0 amide bonds. The van der Waals surface area contributed by atoms with Gasteiger partial charge in [-0.3, -0.25) is 0 Å². The van der Waals surface area contributed by atoms with Gasteiger partial charge in [0.05, 0.1) is 11.4 Å². The van der Waals surface area contributed by atoms with Crippen LogP contribution in [0.5, 0.6) is 0 Å². The summed E-state index contributed by atoms with van der Waals surface area (Å²) in [5.41, 5.74) is 5.99. The maximum atomic E-state index is 10.2. The van der Waals surface area contributed by atoms with E-state index in [4.69, 9.17) is 0 Å². The zero-order chi connectivity index (χ0) is 18.2. The lowest BCUT2D eigenvalue weighted by atomic mass is 10.00. The predicted molar refractivity (Wildman–Crippen MR) is 101 cm³/mol. The molecule has 0 N–H and O–H groups in total. The second-order valence-corrected chi connectivity index (χ2v) is 5.91. The third kappa shape index (κ3) is 4.71. The van der Waals surface area contributed by atoms with Gasteiger partial charge in [-0.1, -0.05) is 48.5 Å². The molecule has 0 fully saturated rings. The zero-order valence-corrected chi connectivity index (χ0v) is 14.1. The average Bonchev–Trinajstić information content (AvgIpc) is 2.67. The molecule has 0 aliphatic heterocycles. The van der Waals surface area contributed by atoms with Crippen molar-refractivity contribution in [2.45, 2.75) is 12.8 Å². The number of benzene rings is 3. The zero-order valence-electron chi connectivity index (χ0n) is 14.1. The fraction of sp³-hybridized carbons (Fsp3) is 0.0909. The van der Waals surface area contributed by atoms with Crippen molar-refractivity contribution in [3.05, 3.63) is 95.1 Å². The molecule has 0 heterocycles. The van der Waals surface area contributed by atoms with Gasteiger partial charge in [-0.2, -0.15) is 9.98 Å². The minimum absolute atomic E-state index is 0.615. The Morgan fingerprint density at radius 3 is 1.04 bits per heavy atom. The molecule has 26 heavy (non-hydrogen) atoms. The highest BCUT2D eigenvalue weighted by atomic mass is 16.1. The number of hydrogen-bond acceptors (Lipinski definition) is 4. The van der Waals surface area contributed by atoms with Gasteiger partial charge in [-0.15, -0.1) is 0 Å². The Bertz CT molecular complexity index is 880. The highest BCUT2D eigenvalue weighted by Crippen LogP contribution is 2.18. The quantitative estimate of drug-likeness (QED) is 0.478. The Morgan fingerprint density at radius 1 is 0.500 bits per heavy atom. The molecule has 0 unspecified atom stereocenters. The molecule has 0 saturated carbocycles. The van der Waals surface area contributed by atoms with Gasteiger partial charge >= 0.3 is 0 Å². The molecule has 0 spiro atoms. The third-order valence-electron chi connectivity index (χ3n) is 4.06. The van der Waals surface area contributed by atoms with Crippen LogP contribution in [0.1, 0.15) is 22.3 Å². The van der Waals surface area contributed by atoms with E-state index < -0.39 is 0 Å². The van der Waals surface area contributed by atoms with Crippen molar-refractivity contribution in [2.24, 2.45) is 9.98 Å². The van der Waals surface area contributed by atoms with Crippen LogP contribution in [0.4, 0.5) is 11.4 Å². The largest absolute Gasteiger partial charge is 0.240 e. The highest BCUT2D eigenvalue weighted by Gasteiger charge is 2.00. The molecule has 0 aliphatic rings. The van der Waals surface area contributed by atoms with Crippen LogP contribution >= 0.6 is 0 Å². The third-order valence-corrected chi connectivity index (χ3v) is 4.06. The molecule has 3 rings (SSSR count). The number of isocyanates is 2. The summed E-state index contributed by atoms with van der Waals surface area (Å²) >= 11 is 0. The van der Waals surface area contributed by atoms with E-state index in [1.54, 1.807) is 12.2 Å². The Hall–Kier alpha value is -3.58. The first kappa shape index (κ1) is 17.2. The molecular formula is C22H16N2O2. The Morgan fingerprint density at radius 2 is 0.769 bits per heavy atom. The molecular weight excluding hydrogens is 324 g/mol. The summed E-state index contributed by atoms with van der Waals surface area (Å²) in [7, 11) is 0. The summed E-state index contributed by atoms with van der Waals surface area (Å²) in [6.07, 6.45) is 4.73. The smallest absolute Gasteiger partial charge is 0.211 e. The molecule has 126 valence electrons. The van der Waals surface area contributed by atoms with Gasteiger partial charge in [0.25, 0.3) is 0 Å².